The van der Waals surface area contributed by atoms with Gasteiger partial charge in [0.15, 0.2) is 0 Å². The zero-order chi connectivity index (χ0) is 14.7. The molecule has 0 aromatic rings. The van der Waals surface area contributed by atoms with Gasteiger partial charge in [0.1, 0.15) is 6.61 Å². The summed E-state index contributed by atoms with van der Waals surface area (Å²) in [5, 5.41) is 0. The largest absolute Gasteiger partial charge is 0.465 e. The van der Waals surface area contributed by atoms with Crippen LogP contribution in [0.4, 0.5) is 0 Å². The third-order valence-corrected chi connectivity index (χ3v) is 6.18. The molecule has 0 saturated carbocycles. The average molecular weight is 292 g/mol. The fraction of sp³-hybridized carbons (Fsp3) is 0.929. The number of esters is 1. The van der Waals surface area contributed by atoms with Crippen molar-refractivity contribution in [2.45, 2.75) is 65.5 Å². The van der Waals surface area contributed by atoms with Crippen molar-refractivity contribution in [2.24, 2.45) is 0 Å². The molecule has 0 amide bonds. The quantitative estimate of drug-likeness (QED) is 0.325. The highest BCUT2D eigenvalue weighted by molar-refractivity contribution is 7.59. The maximum atomic E-state index is 12.8. The molecule has 0 aromatic heterocycles. The van der Waals surface area contributed by atoms with Gasteiger partial charge >= 0.3 is 5.97 Å². The van der Waals surface area contributed by atoms with Crippen LogP contribution in [0.1, 0.15) is 59.8 Å². The highest BCUT2D eigenvalue weighted by Crippen LogP contribution is 2.53. The third kappa shape index (κ3) is 7.74. The van der Waals surface area contributed by atoms with Gasteiger partial charge in [-0.3, -0.25) is 9.36 Å². The van der Waals surface area contributed by atoms with Gasteiger partial charge in [0.2, 0.25) is 7.37 Å². The molecular formula is C14H29O4P. The number of hydrogen-bond acceptors (Lipinski definition) is 4. The SMILES string of the molecule is CCCCCOP(=O)(CC)C(CCC)COC(C)=O. The molecule has 0 bridgehead atoms. The Bertz CT molecular complexity index is 291. The van der Waals surface area contributed by atoms with E-state index in [4.69, 9.17) is 9.26 Å². The summed E-state index contributed by atoms with van der Waals surface area (Å²) < 4.78 is 23.6. The van der Waals surface area contributed by atoms with Crippen molar-refractivity contribution in [3.63, 3.8) is 0 Å². The number of carbonyl (C=O) groups excluding carboxylic acids is 1. The average Bonchev–Trinajstić information content (AvgIpc) is 2.39. The lowest BCUT2D eigenvalue weighted by atomic mass is 10.2. The van der Waals surface area contributed by atoms with Crippen LogP contribution in [-0.2, 0) is 18.6 Å². The van der Waals surface area contributed by atoms with Crippen LogP contribution < -0.4 is 0 Å². The number of hydrogen-bond donors (Lipinski definition) is 0. The van der Waals surface area contributed by atoms with Gasteiger partial charge < -0.3 is 9.26 Å². The van der Waals surface area contributed by atoms with E-state index in [1.165, 1.54) is 6.92 Å². The van der Waals surface area contributed by atoms with Crippen molar-refractivity contribution in [3.8, 4) is 0 Å². The summed E-state index contributed by atoms with van der Waals surface area (Å²) in [5.74, 6) is -0.324. The molecule has 19 heavy (non-hydrogen) atoms. The Hall–Kier alpha value is -0.340. The molecule has 0 aliphatic rings. The van der Waals surface area contributed by atoms with Crippen LogP contribution in [0.15, 0.2) is 0 Å². The van der Waals surface area contributed by atoms with E-state index in [0.717, 1.165) is 32.1 Å². The van der Waals surface area contributed by atoms with E-state index >= 15 is 0 Å². The van der Waals surface area contributed by atoms with Gasteiger partial charge in [0, 0.05) is 13.1 Å². The zero-order valence-corrected chi connectivity index (χ0v) is 13.7. The molecule has 0 heterocycles. The van der Waals surface area contributed by atoms with Crippen molar-refractivity contribution in [3.05, 3.63) is 0 Å². The third-order valence-electron chi connectivity index (χ3n) is 3.16. The minimum Gasteiger partial charge on any atom is -0.465 e. The molecule has 0 aliphatic heterocycles. The summed E-state index contributed by atoms with van der Waals surface area (Å²) in [6.07, 6.45) is 5.33. The standard InChI is InChI=1S/C14H29O4P/c1-5-8-9-11-18-19(16,7-3)14(10-6-2)12-17-13(4)15/h14H,5-12H2,1-4H3. The van der Waals surface area contributed by atoms with E-state index in [2.05, 4.69) is 6.92 Å². The monoisotopic (exact) mass is 292 g/mol. The minimum absolute atomic E-state index is 0.159. The molecule has 5 heteroatoms. The first-order chi connectivity index (χ1) is 9.00. The van der Waals surface area contributed by atoms with Crippen LogP contribution in [-0.4, -0.2) is 31.0 Å². The molecule has 0 aromatic carbocycles. The van der Waals surface area contributed by atoms with E-state index in [1.54, 1.807) is 0 Å². The van der Waals surface area contributed by atoms with Gasteiger partial charge in [0.05, 0.1) is 12.3 Å². The van der Waals surface area contributed by atoms with Crippen molar-refractivity contribution in [1.82, 2.24) is 0 Å². The fourth-order valence-electron chi connectivity index (χ4n) is 1.97. The van der Waals surface area contributed by atoms with Crippen molar-refractivity contribution < 1.29 is 18.6 Å². The Kier molecular flexibility index (Phi) is 10.3. The molecule has 0 spiro atoms. The minimum atomic E-state index is -2.70. The summed E-state index contributed by atoms with van der Waals surface area (Å²) in [6, 6.07) is 0. The van der Waals surface area contributed by atoms with Crippen LogP contribution in [0.5, 0.6) is 0 Å². The first-order valence-electron chi connectivity index (χ1n) is 7.36. The van der Waals surface area contributed by atoms with Crippen molar-refractivity contribution >= 4 is 13.3 Å². The summed E-state index contributed by atoms with van der Waals surface area (Å²) in [6.45, 7) is 8.18. The zero-order valence-electron chi connectivity index (χ0n) is 12.8. The highest BCUT2D eigenvalue weighted by Gasteiger charge is 2.32. The van der Waals surface area contributed by atoms with Crippen LogP contribution in [0.2, 0.25) is 0 Å². The normalized spacial score (nSPS) is 15.8. The Labute approximate surface area is 117 Å². The van der Waals surface area contributed by atoms with E-state index in [0.29, 0.717) is 12.8 Å². The molecule has 0 rings (SSSR count). The van der Waals surface area contributed by atoms with Gasteiger partial charge in [-0.05, 0) is 12.8 Å². The molecule has 0 radical (unpaired) electrons. The van der Waals surface area contributed by atoms with Gasteiger partial charge in [-0.1, -0.05) is 40.0 Å². The first kappa shape index (κ1) is 18.7. The Morgan fingerprint density at radius 2 is 1.84 bits per heavy atom. The number of carbonyl (C=O) groups is 1. The fourth-order valence-corrected chi connectivity index (χ4v) is 4.27. The van der Waals surface area contributed by atoms with E-state index in [1.807, 2.05) is 13.8 Å². The molecular weight excluding hydrogens is 263 g/mol. The van der Waals surface area contributed by atoms with E-state index < -0.39 is 7.37 Å². The van der Waals surface area contributed by atoms with Crippen LogP contribution in [0.3, 0.4) is 0 Å². The second-order valence-corrected chi connectivity index (χ2v) is 7.90. The molecule has 0 N–H and O–H groups in total. The summed E-state index contributed by atoms with van der Waals surface area (Å²) in [7, 11) is -2.70. The Morgan fingerprint density at radius 3 is 2.32 bits per heavy atom. The lowest BCUT2D eigenvalue weighted by molar-refractivity contribution is -0.141. The predicted molar refractivity (Wildman–Crippen MR) is 79.0 cm³/mol. The van der Waals surface area contributed by atoms with Gasteiger partial charge in [-0.2, -0.15) is 0 Å². The number of unbranched alkanes of at least 4 members (excludes halogenated alkanes) is 2. The lowest BCUT2D eigenvalue weighted by Gasteiger charge is -2.26. The molecule has 0 fully saturated rings. The second-order valence-electron chi connectivity index (χ2n) is 4.83. The second kappa shape index (κ2) is 10.4. The predicted octanol–water partition coefficient (Wildman–Crippen LogP) is 4.22. The number of ether oxygens (including phenoxy) is 1. The van der Waals surface area contributed by atoms with Gasteiger partial charge in [-0.25, -0.2) is 0 Å². The molecule has 4 nitrogen and oxygen atoms in total. The van der Waals surface area contributed by atoms with Gasteiger partial charge in [-0.15, -0.1) is 0 Å². The highest BCUT2D eigenvalue weighted by atomic mass is 31.2. The smallest absolute Gasteiger partial charge is 0.302 e. The Morgan fingerprint density at radius 1 is 1.16 bits per heavy atom. The van der Waals surface area contributed by atoms with Crippen LogP contribution in [0, 0.1) is 0 Å². The van der Waals surface area contributed by atoms with Gasteiger partial charge in [0.25, 0.3) is 0 Å². The van der Waals surface area contributed by atoms with Crippen molar-refractivity contribution in [2.75, 3.05) is 19.4 Å². The van der Waals surface area contributed by atoms with Crippen molar-refractivity contribution in [1.29, 1.82) is 0 Å². The van der Waals surface area contributed by atoms with E-state index in [9.17, 15) is 9.36 Å². The summed E-state index contributed by atoms with van der Waals surface area (Å²) >= 11 is 0. The summed E-state index contributed by atoms with van der Waals surface area (Å²) in [5.41, 5.74) is -0.159. The molecule has 0 aliphatic carbocycles. The molecule has 0 saturated heterocycles. The topological polar surface area (TPSA) is 52.6 Å². The maximum absolute atomic E-state index is 12.8. The van der Waals surface area contributed by atoms with Crippen LogP contribution in [0.25, 0.3) is 0 Å². The lowest BCUT2D eigenvalue weighted by Crippen LogP contribution is -2.21. The molecule has 2 unspecified atom stereocenters. The maximum Gasteiger partial charge on any atom is 0.302 e. The molecule has 2 atom stereocenters. The van der Waals surface area contributed by atoms with Crippen LogP contribution >= 0.6 is 7.37 Å². The molecule has 114 valence electrons. The number of rotatable bonds is 11. The Balaban J connectivity index is 4.50. The first-order valence-corrected chi connectivity index (χ1v) is 9.24. The van der Waals surface area contributed by atoms with E-state index in [-0.39, 0.29) is 18.2 Å². The summed E-state index contributed by atoms with van der Waals surface area (Å²) in [4.78, 5) is 10.9.